The number of pyridine rings is 1. The summed E-state index contributed by atoms with van der Waals surface area (Å²) in [7, 11) is 0. The molecule has 0 aliphatic carbocycles. The zero-order valence-corrected chi connectivity index (χ0v) is 24.6. The first kappa shape index (κ1) is 26.3. The molecule has 4 heterocycles. The lowest BCUT2D eigenvalue weighted by Gasteiger charge is -2.32. The second kappa shape index (κ2) is 10.4. The van der Waals surface area contributed by atoms with E-state index >= 15 is 0 Å². The molecule has 0 N–H and O–H groups in total. The Morgan fingerprint density at radius 3 is 2.50 bits per heavy atom. The molecular weight excluding hydrogens is 514 g/mol. The van der Waals surface area contributed by atoms with E-state index in [1.807, 2.05) is 6.08 Å². The SMILES string of the molecule is C=CC1=NC2CC(=C)N=C(CC)c3c(ccc4c3oc3nc(-c5c(C)cccc5C)ccc34)CCC2c2ccccc21. The number of aliphatic imine (C=N–C) groups is 2. The van der Waals surface area contributed by atoms with Crippen LogP contribution in [0.1, 0.15) is 65.5 Å². The fraction of sp³-hybridized carbons (Fsp3) is 0.237. The highest BCUT2D eigenvalue weighted by molar-refractivity contribution is 6.16. The minimum atomic E-state index is 0.0891. The highest BCUT2D eigenvalue weighted by Gasteiger charge is 2.32. The van der Waals surface area contributed by atoms with Crippen LogP contribution in [-0.2, 0) is 6.42 Å². The quantitative estimate of drug-likeness (QED) is 0.225. The number of aryl methyl sites for hydroxylation is 3. The van der Waals surface area contributed by atoms with Crippen LogP contribution in [0.25, 0.3) is 33.3 Å². The molecule has 0 saturated carbocycles. The van der Waals surface area contributed by atoms with Gasteiger partial charge >= 0.3 is 0 Å². The summed E-state index contributed by atoms with van der Waals surface area (Å²) in [6, 6.07) is 23.8. The van der Waals surface area contributed by atoms with Crippen LogP contribution in [0.5, 0.6) is 0 Å². The molecule has 42 heavy (non-hydrogen) atoms. The molecule has 2 unspecified atom stereocenters. The smallest absolute Gasteiger partial charge is 0.227 e. The summed E-state index contributed by atoms with van der Waals surface area (Å²) >= 11 is 0. The molecule has 0 saturated heterocycles. The number of aromatic nitrogens is 1. The summed E-state index contributed by atoms with van der Waals surface area (Å²) in [6.07, 6.45) is 5.26. The van der Waals surface area contributed by atoms with Gasteiger partial charge in [0.2, 0.25) is 5.71 Å². The average molecular weight is 550 g/mol. The van der Waals surface area contributed by atoms with Gasteiger partial charge in [0.15, 0.2) is 0 Å². The molecule has 5 aromatic rings. The van der Waals surface area contributed by atoms with Crippen LogP contribution in [0.4, 0.5) is 0 Å². The van der Waals surface area contributed by atoms with Gasteiger partial charge in [0.05, 0.1) is 23.2 Å². The molecule has 208 valence electrons. The molecule has 2 atom stereocenters. The van der Waals surface area contributed by atoms with Gasteiger partial charge in [-0.25, -0.2) is 4.98 Å². The van der Waals surface area contributed by atoms with Gasteiger partial charge in [0.1, 0.15) is 5.58 Å². The van der Waals surface area contributed by atoms with Crippen molar-refractivity contribution in [2.45, 2.75) is 58.4 Å². The molecule has 4 heteroatoms. The van der Waals surface area contributed by atoms with Gasteiger partial charge in [-0.2, -0.15) is 0 Å². The predicted molar refractivity (Wildman–Crippen MR) is 175 cm³/mol. The first-order chi connectivity index (χ1) is 20.5. The van der Waals surface area contributed by atoms with E-state index in [9.17, 15) is 0 Å². The Labute approximate surface area is 247 Å². The van der Waals surface area contributed by atoms with Gasteiger partial charge in [-0.15, -0.1) is 0 Å². The largest absolute Gasteiger partial charge is 0.437 e. The molecular formula is C38H35N3O. The summed E-state index contributed by atoms with van der Waals surface area (Å²) < 4.78 is 6.67. The Morgan fingerprint density at radius 1 is 0.929 bits per heavy atom. The number of furan rings is 1. The highest BCUT2D eigenvalue weighted by Crippen LogP contribution is 2.40. The molecule has 0 bridgehead atoms. The van der Waals surface area contributed by atoms with Gasteiger partial charge in [-0.1, -0.05) is 74.7 Å². The van der Waals surface area contributed by atoms with Crippen molar-refractivity contribution in [3.63, 3.8) is 0 Å². The maximum Gasteiger partial charge on any atom is 0.227 e. The maximum absolute atomic E-state index is 6.67. The summed E-state index contributed by atoms with van der Waals surface area (Å²) in [5.41, 5.74) is 13.8. The fourth-order valence-electron chi connectivity index (χ4n) is 7.04. The standard InChI is InChI=1S/C38H35N3O/c1-6-31-27-14-9-8-13-26(27)28-17-15-25-16-18-29-30-19-20-33(35-22(3)11-10-12-23(35)4)41-38(30)42-37(29)36(25)32(7-2)39-24(5)21-34(28)40-31/h6,8-14,16,18-20,28,34H,1,5,7,15,17,21H2,2-4H3. The van der Waals surface area contributed by atoms with Crippen molar-refractivity contribution in [3.05, 3.63) is 125 Å². The van der Waals surface area contributed by atoms with E-state index in [0.717, 1.165) is 64.0 Å². The topological polar surface area (TPSA) is 50.8 Å². The number of fused-ring (bicyclic) bond motifs is 8. The Morgan fingerprint density at radius 2 is 1.71 bits per heavy atom. The zero-order chi connectivity index (χ0) is 29.0. The van der Waals surface area contributed by atoms with E-state index in [0.29, 0.717) is 12.1 Å². The van der Waals surface area contributed by atoms with Crippen molar-refractivity contribution >= 4 is 33.5 Å². The number of allylic oxidation sites excluding steroid dienone is 1. The first-order valence-electron chi connectivity index (χ1n) is 14.9. The molecule has 2 aliphatic rings. The normalized spacial score (nSPS) is 18.6. The van der Waals surface area contributed by atoms with Crippen LogP contribution in [0.3, 0.4) is 0 Å². The monoisotopic (exact) mass is 549 g/mol. The molecule has 0 spiro atoms. The van der Waals surface area contributed by atoms with Crippen molar-refractivity contribution < 1.29 is 4.42 Å². The lowest BCUT2D eigenvalue weighted by molar-refractivity contribution is 0.489. The molecule has 2 aromatic heterocycles. The zero-order valence-electron chi connectivity index (χ0n) is 24.6. The van der Waals surface area contributed by atoms with Crippen LogP contribution in [0, 0.1) is 13.8 Å². The van der Waals surface area contributed by atoms with Crippen LogP contribution in [0.15, 0.2) is 106 Å². The van der Waals surface area contributed by atoms with Crippen molar-refractivity contribution in [1.82, 2.24) is 4.98 Å². The third-order valence-electron chi connectivity index (χ3n) is 9.02. The fourth-order valence-corrected chi connectivity index (χ4v) is 7.04. The Hall–Kier alpha value is -4.57. The van der Waals surface area contributed by atoms with Crippen molar-refractivity contribution in [1.29, 1.82) is 0 Å². The third kappa shape index (κ3) is 4.25. The van der Waals surface area contributed by atoms with Crippen LogP contribution < -0.4 is 0 Å². The summed E-state index contributed by atoms with van der Waals surface area (Å²) in [5, 5.41) is 2.11. The minimum Gasteiger partial charge on any atom is -0.437 e. The van der Waals surface area contributed by atoms with E-state index in [-0.39, 0.29) is 12.0 Å². The van der Waals surface area contributed by atoms with E-state index in [1.54, 1.807) is 0 Å². The number of nitrogens with zero attached hydrogens (tertiary/aromatic N) is 3. The second-order valence-electron chi connectivity index (χ2n) is 11.6. The maximum atomic E-state index is 6.67. The number of benzene rings is 3. The van der Waals surface area contributed by atoms with Crippen molar-refractivity contribution in [2.75, 3.05) is 0 Å². The summed E-state index contributed by atoms with van der Waals surface area (Å²) in [6.45, 7) is 14.9. The van der Waals surface area contributed by atoms with E-state index in [4.69, 9.17) is 19.4 Å². The molecule has 0 amide bonds. The molecule has 7 rings (SSSR count). The molecule has 0 fully saturated rings. The lowest BCUT2D eigenvalue weighted by Crippen LogP contribution is -2.27. The van der Waals surface area contributed by atoms with Crippen LogP contribution >= 0.6 is 0 Å². The van der Waals surface area contributed by atoms with Crippen LogP contribution in [0.2, 0.25) is 0 Å². The third-order valence-corrected chi connectivity index (χ3v) is 9.02. The first-order valence-corrected chi connectivity index (χ1v) is 14.9. The van der Waals surface area contributed by atoms with Crippen LogP contribution in [-0.4, -0.2) is 22.4 Å². The van der Waals surface area contributed by atoms with E-state index in [1.165, 1.54) is 33.4 Å². The Bertz CT molecular complexity index is 1950. The van der Waals surface area contributed by atoms with Gasteiger partial charge in [-0.05, 0) is 73.6 Å². The molecule has 2 aliphatic heterocycles. The summed E-state index contributed by atoms with van der Waals surface area (Å²) in [5.74, 6) is 0.279. The van der Waals surface area contributed by atoms with Gasteiger partial charge in [0.25, 0.3) is 0 Å². The van der Waals surface area contributed by atoms with Gasteiger partial charge in [0, 0.05) is 45.5 Å². The van der Waals surface area contributed by atoms with Crippen molar-refractivity contribution in [2.24, 2.45) is 9.98 Å². The average Bonchev–Trinajstić information content (AvgIpc) is 3.36. The predicted octanol–water partition coefficient (Wildman–Crippen LogP) is 9.46. The van der Waals surface area contributed by atoms with Crippen molar-refractivity contribution in [3.8, 4) is 11.3 Å². The molecule has 4 nitrogen and oxygen atoms in total. The molecule has 3 aromatic carbocycles. The lowest BCUT2D eigenvalue weighted by atomic mass is 9.78. The van der Waals surface area contributed by atoms with E-state index in [2.05, 4.69) is 101 Å². The number of hydrogen-bond acceptors (Lipinski definition) is 4. The Balaban J connectivity index is 1.39. The highest BCUT2D eigenvalue weighted by atomic mass is 16.3. The van der Waals surface area contributed by atoms with E-state index < -0.39 is 0 Å². The summed E-state index contributed by atoms with van der Waals surface area (Å²) in [4.78, 5) is 15.4. The van der Waals surface area contributed by atoms with Gasteiger partial charge in [-0.3, -0.25) is 9.98 Å². The molecule has 0 radical (unpaired) electrons. The number of hydrogen-bond donors (Lipinski definition) is 0. The second-order valence-corrected chi connectivity index (χ2v) is 11.6. The minimum absolute atomic E-state index is 0.0891. The Kier molecular flexibility index (Phi) is 6.50. The van der Waals surface area contributed by atoms with Gasteiger partial charge < -0.3 is 4.42 Å². The number of rotatable bonds is 3.